The van der Waals surface area contributed by atoms with Crippen molar-refractivity contribution < 1.29 is 9.21 Å². The number of para-hydroxylation sites is 1. The Kier molecular flexibility index (Phi) is 5.10. The van der Waals surface area contributed by atoms with Crippen LogP contribution in [0.3, 0.4) is 0 Å². The predicted molar refractivity (Wildman–Crippen MR) is 107 cm³/mol. The van der Waals surface area contributed by atoms with Crippen molar-refractivity contribution in [1.82, 2.24) is 10.2 Å². The molecule has 1 aromatic heterocycles. The number of anilines is 1. The first-order valence-electron chi connectivity index (χ1n) is 10.0. The fourth-order valence-electron chi connectivity index (χ4n) is 4.37. The van der Waals surface area contributed by atoms with Gasteiger partial charge in [-0.05, 0) is 56.7 Å². The van der Waals surface area contributed by atoms with Gasteiger partial charge in [0.25, 0.3) is 0 Å². The van der Waals surface area contributed by atoms with Gasteiger partial charge in [0.1, 0.15) is 11.5 Å². The number of aryl methyl sites for hydroxylation is 2. The van der Waals surface area contributed by atoms with Crippen LogP contribution in [0.2, 0.25) is 0 Å². The van der Waals surface area contributed by atoms with E-state index in [-0.39, 0.29) is 6.03 Å². The van der Waals surface area contributed by atoms with Crippen LogP contribution in [0.4, 0.5) is 10.5 Å². The molecule has 0 spiro atoms. The Morgan fingerprint density at radius 3 is 2.70 bits per heavy atom. The Bertz CT molecular complexity index is 806. The number of hydrogen-bond acceptors (Lipinski definition) is 3. The summed E-state index contributed by atoms with van der Waals surface area (Å²) < 4.78 is 5.53. The maximum atomic E-state index is 12.5. The fourth-order valence-corrected chi connectivity index (χ4v) is 4.37. The Balaban J connectivity index is 1.24. The molecule has 2 amide bonds. The molecule has 0 radical (unpaired) electrons. The molecule has 2 aliphatic rings. The van der Waals surface area contributed by atoms with E-state index in [2.05, 4.69) is 34.5 Å². The van der Waals surface area contributed by atoms with Crippen LogP contribution in [0.1, 0.15) is 35.5 Å². The van der Waals surface area contributed by atoms with E-state index in [1.54, 1.807) is 0 Å². The molecular formula is C22H29N3O2. The Morgan fingerprint density at radius 1 is 1.19 bits per heavy atom. The fraction of sp³-hybridized carbons (Fsp3) is 0.500. The molecule has 0 aliphatic carbocycles. The summed E-state index contributed by atoms with van der Waals surface area (Å²) in [5.74, 6) is 2.44. The van der Waals surface area contributed by atoms with Crippen LogP contribution in [-0.4, -0.2) is 37.1 Å². The molecule has 1 saturated heterocycles. The molecule has 0 bridgehead atoms. The summed E-state index contributed by atoms with van der Waals surface area (Å²) in [6.07, 6.45) is 3.32. The van der Waals surface area contributed by atoms with Gasteiger partial charge in [0.2, 0.25) is 0 Å². The van der Waals surface area contributed by atoms with E-state index < -0.39 is 0 Å². The Morgan fingerprint density at radius 2 is 1.96 bits per heavy atom. The number of benzene rings is 1. The number of likely N-dealkylation sites (tertiary alicyclic amines) is 1. The highest BCUT2D eigenvalue weighted by Crippen LogP contribution is 2.30. The van der Waals surface area contributed by atoms with Gasteiger partial charge in [-0.2, -0.15) is 0 Å². The summed E-state index contributed by atoms with van der Waals surface area (Å²) in [6.45, 7) is 8.33. The first kappa shape index (κ1) is 18.0. The summed E-state index contributed by atoms with van der Waals surface area (Å²) in [6, 6.07) is 10.8. The number of urea groups is 1. The zero-order chi connectivity index (χ0) is 18.8. The number of piperidine rings is 1. The standard InChI is InChI=1S/C22H29N3O2/c1-16-13-20(17(2)27-16)14-23-22(26)24-10-7-18(8-11-24)15-25-12-9-19-5-3-4-6-21(19)25/h3-6,13,18H,7-12,14-15H2,1-2H3,(H,23,26). The maximum Gasteiger partial charge on any atom is 0.317 e. The van der Waals surface area contributed by atoms with E-state index in [9.17, 15) is 4.79 Å². The van der Waals surface area contributed by atoms with Crippen LogP contribution in [0.5, 0.6) is 0 Å². The van der Waals surface area contributed by atoms with Crippen molar-refractivity contribution in [2.45, 2.75) is 39.7 Å². The molecule has 1 aromatic carbocycles. The molecule has 5 nitrogen and oxygen atoms in total. The molecule has 2 aliphatic heterocycles. The summed E-state index contributed by atoms with van der Waals surface area (Å²) in [7, 11) is 0. The average molecular weight is 367 g/mol. The second-order valence-corrected chi connectivity index (χ2v) is 7.85. The van der Waals surface area contributed by atoms with E-state index in [4.69, 9.17) is 4.42 Å². The predicted octanol–water partition coefficient (Wildman–Crippen LogP) is 3.88. The quantitative estimate of drug-likeness (QED) is 0.892. The van der Waals surface area contributed by atoms with Gasteiger partial charge in [-0.25, -0.2) is 4.79 Å². The molecule has 144 valence electrons. The van der Waals surface area contributed by atoms with E-state index in [0.717, 1.165) is 62.5 Å². The number of carbonyl (C=O) groups excluding carboxylic acids is 1. The maximum absolute atomic E-state index is 12.5. The Hall–Kier alpha value is -2.43. The minimum atomic E-state index is 0.0400. The SMILES string of the molecule is Cc1cc(CNC(=O)N2CCC(CN3CCc4ccccc43)CC2)c(C)o1. The smallest absolute Gasteiger partial charge is 0.317 e. The molecule has 1 N–H and O–H groups in total. The minimum absolute atomic E-state index is 0.0400. The van der Waals surface area contributed by atoms with Gasteiger partial charge >= 0.3 is 6.03 Å². The summed E-state index contributed by atoms with van der Waals surface area (Å²) in [5, 5.41) is 3.04. The molecule has 0 unspecified atom stereocenters. The summed E-state index contributed by atoms with van der Waals surface area (Å²) in [5.41, 5.74) is 3.94. The summed E-state index contributed by atoms with van der Waals surface area (Å²) in [4.78, 5) is 17.0. The number of hydrogen-bond donors (Lipinski definition) is 1. The third kappa shape index (κ3) is 3.97. The molecule has 0 saturated carbocycles. The van der Waals surface area contributed by atoms with Crippen molar-refractivity contribution in [3.8, 4) is 0 Å². The van der Waals surface area contributed by atoms with E-state index in [1.807, 2.05) is 24.8 Å². The normalized spacial score (nSPS) is 17.3. The molecule has 4 rings (SSSR count). The number of nitrogens with one attached hydrogen (secondary N) is 1. The lowest BCUT2D eigenvalue weighted by Crippen LogP contribution is -2.45. The van der Waals surface area contributed by atoms with Crippen molar-refractivity contribution in [3.63, 3.8) is 0 Å². The summed E-state index contributed by atoms with van der Waals surface area (Å²) >= 11 is 0. The molecule has 2 aromatic rings. The molecule has 0 atom stereocenters. The van der Waals surface area contributed by atoms with Crippen molar-refractivity contribution in [2.24, 2.45) is 5.92 Å². The van der Waals surface area contributed by atoms with Crippen LogP contribution in [0, 0.1) is 19.8 Å². The number of furan rings is 1. The first-order valence-corrected chi connectivity index (χ1v) is 10.0. The van der Waals surface area contributed by atoms with Crippen molar-refractivity contribution in [3.05, 3.63) is 53.0 Å². The lowest BCUT2D eigenvalue weighted by Gasteiger charge is -2.34. The van der Waals surface area contributed by atoms with Gasteiger partial charge in [-0.3, -0.25) is 0 Å². The molecule has 3 heterocycles. The highest BCUT2D eigenvalue weighted by atomic mass is 16.3. The van der Waals surface area contributed by atoms with Gasteiger partial charge in [0.05, 0.1) is 0 Å². The second kappa shape index (κ2) is 7.67. The molecule has 5 heteroatoms. The molecule has 1 fully saturated rings. The van der Waals surface area contributed by atoms with Gasteiger partial charge in [-0.1, -0.05) is 18.2 Å². The topological polar surface area (TPSA) is 48.7 Å². The zero-order valence-electron chi connectivity index (χ0n) is 16.3. The number of nitrogens with zero attached hydrogens (tertiary/aromatic N) is 2. The number of fused-ring (bicyclic) bond motifs is 1. The second-order valence-electron chi connectivity index (χ2n) is 7.85. The minimum Gasteiger partial charge on any atom is -0.466 e. The number of rotatable bonds is 4. The highest BCUT2D eigenvalue weighted by Gasteiger charge is 2.26. The molecular weight excluding hydrogens is 338 g/mol. The van der Waals surface area contributed by atoms with Crippen LogP contribution >= 0.6 is 0 Å². The van der Waals surface area contributed by atoms with E-state index in [0.29, 0.717) is 12.5 Å². The van der Waals surface area contributed by atoms with Gasteiger partial charge in [0.15, 0.2) is 0 Å². The average Bonchev–Trinajstić information content (AvgIpc) is 3.23. The highest BCUT2D eigenvalue weighted by molar-refractivity contribution is 5.74. The monoisotopic (exact) mass is 367 g/mol. The van der Waals surface area contributed by atoms with Gasteiger partial charge in [0, 0.05) is 44.0 Å². The third-order valence-corrected chi connectivity index (χ3v) is 5.94. The van der Waals surface area contributed by atoms with Crippen molar-refractivity contribution in [2.75, 3.05) is 31.1 Å². The van der Waals surface area contributed by atoms with Crippen LogP contribution < -0.4 is 10.2 Å². The van der Waals surface area contributed by atoms with Gasteiger partial charge in [-0.15, -0.1) is 0 Å². The van der Waals surface area contributed by atoms with E-state index in [1.165, 1.54) is 11.3 Å². The van der Waals surface area contributed by atoms with Crippen molar-refractivity contribution >= 4 is 11.7 Å². The number of carbonyl (C=O) groups is 1. The zero-order valence-corrected chi connectivity index (χ0v) is 16.3. The van der Waals surface area contributed by atoms with Crippen LogP contribution in [0.25, 0.3) is 0 Å². The molecule has 27 heavy (non-hydrogen) atoms. The van der Waals surface area contributed by atoms with Crippen LogP contribution in [-0.2, 0) is 13.0 Å². The largest absolute Gasteiger partial charge is 0.466 e. The van der Waals surface area contributed by atoms with Crippen LogP contribution in [0.15, 0.2) is 34.7 Å². The van der Waals surface area contributed by atoms with Gasteiger partial charge < -0.3 is 19.5 Å². The first-order chi connectivity index (χ1) is 13.1. The van der Waals surface area contributed by atoms with Crippen molar-refractivity contribution in [1.29, 1.82) is 0 Å². The third-order valence-electron chi connectivity index (χ3n) is 5.94. The lowest BCUT2D eigenvalue weighted by atomic mass is 9.96. The lowest BCUT2D eigenvalue weighted by molar-refractivity contribution is 0.171. The van der Waals surface area contributed by atoms with E-state index >= 15 is 0 Å². The number of amides is 2. The Labute approximate surface area is 161 Å².